The number of rotatable bonds is 4. The molecule has 1 saturated heterocycles. The van der Waals surface area contributed by atoms with Gasteiger partial charge in [0.15, 0.2) is 5.78 Å². The topological polar surface area (TPSA) is 37.3 Å². The summed E-state index contributed by atoms with van der Waals surface area (Å²) < 4.78 is 0.744. The second-order valence-electron chi connectivity index (χ2n) is 4.87. The largest absolute Gasteiger partial charge is 0.391 e. The van der Waals surface area contributed by atoms with Crippen LogP contribution in [0.4, 0.5) is 0 Å². The molecule has 0 aromatic rings. The Bertz CT molecular complexity index is 215. The second-order valence-corrected chi connectivity index (χ2v) is 4.87. The SMILES string of the molecule is CC(C)C(=O)C1CCC[N+]1(C)CCO. The van der Waals surface area contributed by atoms with E-state index in [4.69, 9.17) is 5.11 Å². The van der Waals surface area contributed by atoms with Crippen LogP contribution < -0.4 is 0 Å². The van der Waals surface area contributed by atoms with Crippen molar-refractivity contribution in [1.29, 1.82) is 0 Å². The number of quaternary nitrogens is 1. The number of hydrogen-bond donors (Lipinski definition) is 1. The van der Waals surface area contributed by atoms with Gasteiger partial charge in [0.2, 0.25) is 0 Å². The molecule has 2 unspecified atom stereocenters. The fourth-order valence-corrected chi connectivity index (χ4v) is 2.44. The number of likely N-dealkylation sites (N-methyl/N-ethyl adjacent to an activating group) is 1. The number of likely N-dealkylation sites (tertiary alicyclic amines) is 1. The van der Waals surface area contributed by atoms with Crippen LogP contribution in [0.2, 0.25) is 0 Å². The van der Waals surface area contributed by atoms with E-state index in [0.717, 1.165) is 23.9 Å². The maximum absolute atomic E-state index is 11.9. The van der Waals surface area contributed by atoms with Crippen molar-refractivity contribution in [2.75, 3.05) is 26.7 Å². The van der Waals surface area contributed by atoms with Crippen molar-refractivity contribution >= 4 is 5.78 Å². The molecular formula is C11H22NO2+. The standard InChI is InChI=1S/C11H22NO2/c1-9(2)11(14)10-5-4-6-12(10,3)7-8-13/h9-10,13H,4-8H2,1-3H3/q+1. The minimum atomic E-state index is 0.120. The van der Waals surface area contributed by atoms with Crippen LogP contribution in [0, 0.1) is 5.92 Å². The van der Waals surface area contributed by atoms with Crippen molar-refractivity contribution in [3.05, 3.63) is 0 Å². The molecule has 1 aliphatic heterocycles. The number of ketones is 1. The van der Waals surface area contributed by atoms with Gasteiger partial charge in [0.25, 0.3) is 0 Å². The number of aliphatic hydroxyl groups excluding tert-OH is 1. The van der Waals surface area contributed by atoms with Gasteiger partial charge in [-0.3, -0.25) is 4.79 Å². The van der Waals surface area contributed by atoms with E-state index in [1.165, 1.54) is 0 Å². The Kier molecular flexibility index (Phi) is 3.67. The molecule has 1 heterocycles. The lowest BCUT2D eigenvalue weighted by atomic mass is 9.99. The second kappa shape index (κ2) is 4.41. The van der Waals surface area contributed by atoms with E-state index in [1.54, 1.807) is 0 Å². The number of Topliss-reactive ketones (excluding diaryl/α,β-unsaturated/α-hetero) is 1. The first-order valence-corrected chi connectivity index (χ1v) is 5.50. The zero-order valence-corrected chi connectivity index (χ0v) is 9.49. The predicted octanol–water partition coefficient (Wildman–Crippen LogP) is 0.813. The molecule has 0 aromatic heterocycles. The third-order valence-electron chi connectivity index (χ3n) is 3.41. The molecule has 2 atom stereocenters. The molecule has 0 bridgehead atoms. The lowest BCUT2D eigenvalue weighted by molar-refractivity contribution is -0.912. The van der Waals surface area contributed by atoms with Gasteiger partial charge in [-0.05, 0) is 0 Å². The maximum atomic E-state index is 11.9. The fraction of sp³-hybridized carbons (Fsp3) is 0.909. The van der Waals surface area contributed by atoms with Crippen molar-refractivity contribution in [2.45, 2.75) is 32.7 Å². The highest BCUT2D eigenvalue weighted by molar-refractivity contribution is 5.84. The van der Waals surface area contributed by atoms with E-state index in [2.05, 4.69) is 7.05 Å². The molecule has 0 aromatic carbocycles. The van der Waals surface area contributed by atoms with Crippen LogP contribution in [0.5, 0.6) is 0 Å². The van der Waals surface area contributed by atoms with Crippen LogP contribution in [0.25, 0.3) is 0 Å². The van der Waals surface area contributed by atoms with Crippen molar-refractivity contribution in [3.63, 3.8) is 0 Å². The molecule has 1 rings (SSSR count). The number of aliphatic hydroxyl groups is 1. The Labute approximate surface area is 86.3 Å². The first-order chi connectivity index (χ1) is 6.51. The molecule has 0 aliphatic carbocycles. The summed E-state index contributed by atoms with van der Waals surface area (Å²) >= 11 is 0. The molecule has 14 heavy (non-hydrogen) atoms. The summed E-state index contributed by atoms with van der Waals surface area (Å²) in [5, 5.41) is 9.00. The van der Waals surface area contributed by atoms with Crippen LogP contribution >= 0.6 is 0 Å². The number of nitrogens with zero attached hydrogens (tertiary/aromatic N) is 1. The zero-order valence-electron chi connectivity index (χ0n) is 9.49. The van der Waals surface area contributed by atoms with Gasteiger partial charge in [0, 0.05) is 18.8 Å². The molecule has 3 nitrogen and oxygen atoms in total. The van der Waals surface area contributed by atoms with Gasteiger partial charge in [-0.1, -0.05) is 13.8 Å². The van der Waals surface area contributed by atoms with Gasteiger partial charge in [-0.2, -0.15) is 0 Å². The van der Waals surface area contributed by atoms with Gasteiger partial charge >= 0.3 is 0 Å². The molecule has 3 heteroatoms. The van der Waals surface area contributed by atoms with Gasteiger partial charge in [0.1, 0.15) is 12.6 Å². The summed E-state index contributed by atoms with van der Waals surface area (Å²) in [5.74, 6) is 0.479. The number of carbonyl (C=O) groups is 1. The van der Waals surface area contributed by atoms with Crippen LogP contribution in [0.15, 0.2) is 0 Å². The number of hydrogen-bond acceptors (Lipinski definition) is 2. The highest BCUT2D eigenvalue weighted by Gasteiger charge is 2.42. The maximum Gasteiger partial charge on any atom is 0.192 e. The molecule has 1 fully saturated rings. The third kappa shape index (κ3) is 2.15. The van der Waals surface area contributed by atoms with Gasteiger partial charge < -0.3 is 9.59 Å². The molecule has 0 radical (unpaired) electrons. The molecule has 82 valence electrons. The van der Waals surface area contributed by atoms with E-state index in [1.807, 2.05) is 13.8 Å². The van der Waals surface area contributed by atoms with Crippen LogP contribution in [0.3, 0.4) is 0 Å². The van der Waals surface area contributed by atoms with Crippen LogP contribution in [-0.4, -0.2) is 48.2 Å². The Morgan fingerprint density at radius 2 is 2.21 bits per heavy atom. The van der Waals surface area contributed by atoms with Crippen molar-refractivity contribution in [1.82, 2.24) is 0 Å². The summed E-state index contributed by atoms with van der Waals surface area (Å²) in [4.78, 5) is 11.9. The Hall–Kier alpha value is -0.410. The minimum Gasteiger partial charge on any atom is -0.391 e. The summed E-state index contributed by atoms with van der Waals surface area (Å²) in [7, 11) is 2.09. The van der Waals surface area contributed by atoms with Crippen molar-refractivity contribution < 1.29 is 14.4 Å². The molecule has 1 N–H and O–H groups in total. The molecule has 0 amide bonds. The van der Waals surface area contributed by atoms with Gasteiger partial charge in [-0.25, -0.2) is 0 Å². The lowest BCUT2D eigenvalue weighted by Crippen LogP contribution is -2.54. The first-order valence-electron chi connectivity index (χ1n) is 5.50. The summed E-state index contributed by atoms with van der Waals surface area (Å²) in [6, 6.07) is 0.127. The van der Waals surface area contributed by atoms with Gasteiger partial charge in [-0.15, -0.1) is 0 Å². The molecule has 0 saturated carbocycles. The average Bonchev–Trinajstić information content (AvgIpc) is 2.46. The lowest BCUT2D eigenvalue weighted by Gasteiger charge is -2.35. The summed E-state index contributed by atoms with van der Waals surface area (Å²) in [6.07, 6.45) is 2.10. The normalized spacial score (nSPS) is 32.5. The Balaban J connectivity index is 2.72. The third-order valence-corrected chi connectivity index (χ3v) is 3.41. The monoisotopic (exact) mass is 200 g/mol. The van der Waals surface area contributed by atoms with Crippen molar-refractivity contribution in [2.24, 2.45) is 5.92 Å². The van der Waals surface area contributed by atoms with Crippen molar-refractivity contribution in [3.8, 4) is 0 Å². The molecule has 1 aliphatic rings. The van der Waals surface area contributed by atoms with E-state index >= 15 is 0 Å². The van der Waals surface area contributed by atoms with Gasteiger partial charge in [0.05, 0.1) is 20.2 Å². The van der Waals surface area contributed by atoms with E-state index in [0.29, 0.717) is 12.3 Å². The zero-order chi connectivity index (χ0) is 10.8. The smallest absolute Gasteiger partial charge is 0.192 e. The highest BCUT2D eigenvalue weighted by Crippen LogP contribution is 2.26. The highest BCUT2D eigenvalue weighted by atomic mass is 16.3. The quantitative estimate of drug-likeness (QED) is 0.682. The Morgan fingerprint density at radius 1 is 1.57 bits per heavy atom. The fourth-order valence-electron chi connectivity index (χ4n) is 2.44. The molecule has 0 spiro atoms. The average molecular weight is 200 g/mol. The van der Waals surface area contributed by atoms with Crippen LogP contribution in [-0.2, 0) is 4.79 Å². The van der Waals surface area contributed by atoms with Crippen LogP contribution in [0.1, 0.15) is 26.7 Å². The first kappa shape index (κ1) is 11.7. The number of carbonyl (C=O) groups excluding carboxylic acids is 1. The van der Waals surface area contributed by atoms with E-state index in [9.17, 15) is 4.79 Å². The molecular weight excluding hydrogens is 178 g/mol. The minimum absolute atomic E-state index is 0.120. The summed E-state index contributed by atoms with van der Waals surface area (Å²) in [5.41, 5.74) is 0. The summed E-state index contributed by atoms with van der Waals surface area (Å²) in [6.45, 7) is 5.85. The van der Waals surface area contributed by atoms with E-state index in [-0.39, 0.29) is 18.6 Å². The van der Waals surface area contributed by atoms with E-state index < -0.39 is 0 Å². The Morgan fingerprint density at radius 3 is 2.71 bits per heavy atom. The predicted molar refractivity (Wildman–Crippen MR) is 55.9 cm³/mol.